The maximum Gasteiger partial charge on any atom is 0.315 e. The van der Waals surface area contributed by atoms with E-state index in [-0.39, 0.29) is 24.0 Å². The molecule has 2 fully saturated rings. The summed E-state index contributed by atoms with van der Waals surface area (Å²) in [5, 5.41) is 15.8. The highest BCUT2D eigenvalue weighted by atomic mass is 32.2. The zero-order valence-corrected chi connectivity index (χ0v) is 11.6. The fraction of sp³-hybridized carbons (Fsp3) is 0.750. The zero-order valence-electron chi connectivity index (χ0n) is 10.8. The summed E-state index contributed by atoms with van der Waals surface area (Å²) in [5.74, 6) is 0.991. The SMILES string of the molecule is N=CCNC(=O)CCCC[C@@H]1SC[C@@H]2NC(=O)N[C@@H]21. The van der Waals surface area contributed by atoms with E-state index >= 15 is 0 Å². The van der Waals surface area contributed by atoms with Gasteiger partial charge in [-0.2, -0.15) is 11.8 Å². The molecule has 0 aromatic heterocycles. The van der Waals surface area contributed by atoms with E-state index < -0.39 is 0 Å². The van der Waals surface area contributed by atoms with Crippen LogP contribution >= 0.6 is 11.8 Å². The van der Waals surface area contributed by atoms with E-state index in [2.05, 4.69) is 16.0 Å². The first-order valence-corrected chi connectivity index (χ1v) is 7.70. The van der Waals surface area contributed by atoms with Crippen LogP contribution in [-0.4, -0.2) is 47.8 Å². The van der Waals surface area contributed by atoms with Crippen LogP contribution in [0.2, 0.25) is 0 Å². The lowest BCUT2D eigenvalue weighted by atomic mass is 10.0. The van der Waals surface area contributed by atoms with Crippen LogP contribution in [-0.2, 0) is 4.79 Å². The lowest BCUT2D eigenvalue weighted by molar-refractivity contribution is -0.120. The van der Waals surface area contributed by atoms with E-state index in [1.165, 1.54) is 6.21 Å². The van der Waals surface area contributed by atoms with Crippen LogP contribution in [0, 0.1) is 5.41 Å². The lowest BCUT2D eigenvalue weighted by Crippen LogP contribution is -2.36. The maximum absolute atomic E-state index is 11.3. The van der Waals surface area contributed by atoms with E-state index in [0.29, 0.717) is 18.2 Å². The summed E-state index contributed by atoms with van der Waals surface area (Å²) >= 11 is 1.90. The van der Waals surface area contributed by atoms with Crippen LogP contribution in [0.25, 0.3) is 0 Å². The zero-order chi connectivity index (χ0) is 13.7. The van der Waals surface area contributed by atoms with Crippen LogP contribution in [0.15, 0.2) is 0 Å². The van der Waals surface area contributed by atoms with Crippen LogP contribution in [0.3, 0.4) is 0 Å². The second-order valence-corrected chi connectivity index (χ2v) is 6.15. The molecule has 0 aliphatic carbocycles. The molecule has 2 rings (SSSR count). The van der Waals surface area contributed by atoms with Crippen molar-refractivity contribution in [3.63, 3.8) is 0 Å². The van der Waals surface area contributed by atoms with Crippen molar-refractivity contribution in [3.8, 4) is 0 Å². The fourth-order valence-corrected chi connectivity index (χ4v) is 4.07. The number of hydrogen-bond donors (Lipinski definition) is 4. The minimum Gasteiger partial charge on any atom is -0.351 e. The molecule has 19 heavy (non-hydrogen) atoms. The molecule has 0 unspecified atom stereocenters. The van der Waals surface area contributed by atoms with Gasteiger partial charge >= 0.3 is 6.03 Å². The van der Waals surface area contributed by atoms with Gasteiger partial charge in [-0.15, -0.1) is 0 Å². The number of unbranched alkanes of at least 4 members (excludes halogenated alkanes) is 1. The van der Waals surface area contributed by atoms with Gasteiger partial charge in [-0.25, -0.2) is 4.79 Å². The Kier molecular flexibility index (Phi) is 5.07. The Labute approximate surface area is 117 Å². The van der Waals surface area contributed by atoms with Gasteiger partial charge in [0.05, 0.1) is 18.6 Å². The van der Waals surface area contributed by atoms with Gasteiger partial charge in [0.1, 0.15) is 0 Å². The normalized spacial score (nSPS) is 28.4. The van der Waals surface area contributed by atoms with Crippen molar-refractivity contribution in [1.29, 1.82) is 5.41 Å². The number of urea groups is 1. The number of thioether (sulfide) groups is 1. The molecule has 0 aromatic carbocycles. The quantitative estimate of drug-likeness (QED) is 0.311. The molecule has 3 amide bonds. The molecule has 0 bridgehead atoms. The Morgan fingerprint density at radius 2 is 2.32 bits per heavy atom. The van der Waals surface area contributed by atoms with Gasteiger partial charge in [-0.1, -0.05) is 6.42 Å². The van der Waals surface area contributed by atoms with Gasteiger partial charge in [0.2, 0.25) is 5.91 Å². The molecule has 2 saturated heterocycles. The molecule has 2 aliphatic rings. The van der Waals surface area contributed by atoms with Crippen molar-refractivity contribution in [1.82, 2.24) is 16.0 Å². The van der Waals surface area contributed by atoms with Gasteiger partial charge in [-0.3, -0.25) is 4.79 Å². The minimum atomic E-state index is -0.0497. The fourth-order valence-electron chi connectivity index (χ4n) is 2.53. The molecule has 0 spiro atoms. The smallest absolute Gasteiger partial charge is 0.315 e. The maximum atomic E-state index is 11.3. The van der Waals surface area contributed by atoms with Gasteiger partial charge < -0.3 is 21.4 Å². The van der Waals surface area contributed by atoms with Crippen molar-refractivity contribution in [3.05, 3.63) is 0 Å². The van der Waals surface area contributed by atoms with Crippen molar-refractivity contribution >= 4 is 29.9 Å². The summed E-state index contributed by atoms with van der Waals surface area (Å²) in [7, 11) is 0. The van der Waals surface area contributed by atoms with Crippen LogP contribution in [0.4, 0.5) is 4.79 Å². The number of carbonyl (C=O) groups is 2. The molecule has 106 valence electrons. The summed E-state index contributed by atoms with van der Waals surface area (Å²) < 4.78 is 0. The Hall–Kier alpha value is -1.24. The highest BCUT2D eigenvalue weighted by Gasteiger charge is 2.42. The van der Waals surface area contributed by atoms with Crippen LogP contribution < -0.4 is 16.0 Å². The van der Waals surface area contributed by atoms with E-state index in [4.69, 9.17) is 5.41 Å². The number of fused-ring (bicyclic) bond motifs is 1. The van der Waals surface area contributed by atoms with Crippen LogP contribution in [0.5, 0.6) is 0 Å². The number of amides is 3. The van der Waals surface area contributed by atoms with Crippen molar-refractivity contribution in [2.24, 2.45) is 0 Å². The highest BCUT2D eigenvalue weighted by Crippen LogP contribution is 2.33. The van der Waals surface area contributed by atoms with Crippen molar-refractivity contribution in [2.75, 3.05) is 12.3 Å². The molecule has 7 heteroatoms. The number of hydrogen-bond acceptors (Lipinski definition) is 4. The van der Waals surface area contributed by atoms with Crippen molar-refractivity contribution < 1.29 is 9.59 Å². The molecular formula is C12H20N4O2S. The van der Waals surface area contributed by atoms with E-state index in [0.717, 1.165) is 25.0 Å². The first kappa shape index (κ1) is 14.2. The first-order chi connectivity index (χ1) is 9.20. The van der Waals surface area contributed by atoms with E-state index in [9.17, 15) is 9.59 Å². The van der Waals surface area contributed by atoms with Crippen LogP contribution in [0.1, 0.15) is 25.7 Å². The third-order valence-electron chi connectivity index (χ3n) is 3.48. The average Bonchev–Trinajstić information content (AvgIpc) is 2.92. The van der Waals surface area contributed by atoms with Crippen molar-refractivity contribution in [2.45, 2.75) is 43.0 Å². The summed E-state index contributed by atoms with van der Waals surface area (Å²) in [4.78, 5) is 22.6. The monoisotopic (exact) mass is 284 g/mol. The molecule has 2 aliphatic heterocycles. The molecular weight excluding hydrogens is 264 g/mol. The van der Waals surface area contributed by atoms with Gasteiger partial charge in [-0.05, 0) is 12.8 Å². The third-order valence-corrected chi connectivity index (χ3v) is 4.99. The summed E-state index contributed by atoms with van der Waals surface area (Å²) in [6, 6.07) is 0.481. The average molecular weight is 284 g/mol. The van der Waals surface area contributed by atoms with Gasteiger partial charge in [0.15, 0.2) is 0 Å². The molecule has 6 nitrogen and oxygen atoms in total. The first-order valence-electron chi connectivity index (χ1n) is 6.65. The Bertz CT molecular complexity index is 364. The molecule has 2 heterocycles. The van der Waals surface area contributed by atoms with E-state index in [1.54, 1.807) is 0 Å². The predicted octanol–water partition coefficient (Wildman–Crippen LogP) is 0.478. The third kappa shape index (κ3) is 3.86. The topological polar surface area (TPSA) is 94.1 Å². The molecule has 0 radical (unpaired) electrons. The minimum absolute atomic E-state index is 0.0105. The number of nitrogens with one attached hydrogen (secondary N) is 4. The Morgan fingerprint density at radius 1 is 1.47 bits per heavy atom. The lowest BCUT2D eigenvalue weighted by Gasteiger charge is -2.16. The molecule has 4 N–H and O–H groups in total. The van der Waals surface area contributed by atoms with E-state index in [1.807, 2.05) is 11.8 Å². The number of rotatable bonds is 7. The second kappa shape index (κ2) is 6.79. The Morgan fingerprint density at radius 3 is 3.11 bits per heavy atom. The summed E-state index contributed by atoms with van der Waals surface area (Å²) in [6.07, 6.45) is 4.59. The highest BCUT2D eigenvalue weighted by molar-refractivity contribution is 8.00. The molecule has 3 atom stereocenters. The molecule has 0 saturated carbocycles. The van der Waals surface area contributed by atoms with Gasteiger partial charge in [0, 0.05) is 23.6 Å². The summed E-state index contributed by atoms with van der Waals surface area (Å²) in [5.41, 5.74) is 0. The largest absolute Gasteiger partial charge is 0.351 e. The standard InChI is InChI=1S/C12H20N4O2S/c13-5-6-14-10(17)4-2-1-3-9-11-8(7-19-9)15-12(18)16-11/h5,8-9,11,13H,1-4,6-7H2,(H,14,17)(H2,15,16,18)/t8-,9-,11-/m0/s1. The predicted molar refractivity (Wildman–Crippen MR) is 75.8 cm³/mol. The second-order valence-electron chi connectivity index (χ2n) is 4.88. The Balaban J connectivity index is 1.60. The van der Waals surface area contributed by atoms with Gasteiger partial charge in [0.25, 0.3) is 0 Å². The molecule has 0 aromatic rings. The summed E-state index contributed by atoms with van der Waals surface area (Å²) in [6.45, 7) is 0.318. The number of carbonyl (C=O) groups excluding carboxylic acids is 2.